The molecular formula is C17H32N2. The molecule has 1 saturated carbocycles. The standard InChI is InChI=1S/C17H32N2/c1-15-9-8-10-16(18-11-4-2-5-12-18)17(15)19-13-6-3-7-14-19/h15-17H,2-14H2,1H3. The molecule has 2 nitrogen and oxygen atoms in total. The van der Waals surface area contributed by atoms with E-state index in [4.69, 9.17) is 0 Å². The van der Waals surface area contributed by atoms with E-state index in [1.54, 1.807) is 0 Å². The Hall–Kier alpha value is -0.0800. The fourth-order valence-corrected chi connectivity index (χ4v) is 4.84. The van der Waals surface area contributed by atoms with Gasteiger partial charge in [-0.3, -0.25) is 9.80 Å². The topological polar surface area (TPSA) is 6.48 Å². The van der Waals surface area contributed by atoms with Crippen LogP contribution in [0.1, 0.15) is 64.7 Å². The predicted octanol–water partition coefficient (Wildman–Crippen LogP) is 3.52. The maximum absolute atomic E-state index is 2.87. The first-order chi connectivity index (χ1) is 9.36. The number of hydrogen-bond acceptors (Lipinski definition) is 2. The summed E-state index contributed by atoms with van der Waals surface area (Å²) in [4.78, 5) is 5.73. The Bertz CT molecular complexity index is 266. The molecule has 0 radical (unpaired) electrons. The first-order valence-corrected chi connectivity index (χ1v) is 8.84. The summed E-state index contributed by atoms with van der Waals surface area (Å²) in [5.41, 5.74) is 0. The Morgan fingerprint density at radius 2 is 1.21 bits per heavy atom. The highest BCUT2D eigenvalue weighted by molar-refractivity contribution is 4.94. The third kappa shape index (κ3) is 3.16. The van der Waals surface area contributed by atoms with E-state index in [9.17, 15) is 0 Å². The average Bonchev–Trinajstić information content (AvgIpc) is 2.49. The van der Waals surface area contributed by atoms with E-state index in [0.717, 1.165) is 18.0 Å². The molecule has 0 spiro atoms. The van der Waals surface area contributed by atoms with Gasteiger partial charge in [0.05, 0.1) is 0 Å². The maximum Gasteiger partial charge on any atom is 0.0277 e. The number of hydrogen-bond donors (Lipinski definition) is 0. The molecular weight excluding hydrogens is 232 g/mol. The van der Waals surface area contributed by atoms with Gasteiger partial charge in [0.1, 0.15) is 0 Å². The Balaban J connectivity index is 1.70. The Morgan fingerprint density at radius 3 is 1.84 bits per heavy atom. The zero-order chi connectivity index (χ0) is 13.1. The van der Waals surface area contributed by atoms with Gasteiger partial charge in [0.15, 0.2) is 0 Å². The molecule has 3 fully saturated rings. The van der Waals surface area contributed by atoms with E-state index in [-0.39, 0.29) is 0 Å². The van der Waals surface area contributed by atoms with Crippen LogP contribution in [0, 0.1) is 5.92 Å². The summed E-state index contributed by atoms with van der Waals surface area (Å²) in [6.07, 6.45) is 13.1. The molecule has 3 rings (SSSR count). The van der Waals surface area contributed by atoms with Crippen LogP contribution in [-0.2, 0) is 0 Å². The third-order valence-corrected chi connectivity index (χ3v) is 5.81. The first kappa shape index (κ1) is 13.9. The molecule has 2 saturated heterocycles. The minimum atomic E-state index is 0.868. The highest BCUT2D eigenvalue weighted by Crippen LogP contribution is 2.34. The van der Waals surface area contributed by atoms with Gasteiger partial charge in [0.25, 0.3) is 0 Å². The second-order valence-corrected chi connectivity index (χ2v) is 7.16. The summed E-state index contributed by atoms with van der Waals surface area (Å²) >= 11 is 0. The number of nitrogens with zero attached hydrogens (tertiary/aromatic N) is 2. The van der Waals surface area contributed by atoms with Gasteiger partial charge in [-0.1, -0.05) is 26.2 Å². The van der Waals surface area contributed by atoms with Crippen LogP contribution in [0.25, 0.3) is 0 Å². The summed E-state index contributed by atoms with van der Waals surface area (Å²) in [7, 11) is 0. The lowest BCUT2D eigenvalue weighted by molar-refractivity contribution is 0.00177. The van der Waals surface area contributed by atoms with Crippen molar-refractivity contribution >= 4 is 0 Å². The van der Waals surface area contributed by atoms with Crippen LogP contribution in [0.2, 0.25) is 0 Å². The van der Waals surface area contributed by atoms with Gasteiger partial charge in [0.2, 0.25) is 0 Å². The molecule has 2 aliphatic heterocycles. The monoisotopic (exact) mass is 264 g/mol. The van der Waals surface area contributed by atoms with Gasteiger partial charge < -0.3 is 0 Å². The van der Waals surface area contributed by atoms with Crippen molar-refractivity contribution in [2.75, 3.05) is 26.2 Å². The molecule has 19 heavy (non-hydrogen) atoms. The van der Waals surface area contributed by atoms with Crippen molar-refractivity contribution in [1.82, 2.24) is 9.80 Å². The van der Waals surface area contributed by atoms with Crippen molar-refractivity contribution in [3.8, 4) is 0 Å². The summed E-state index contributed by atoms with van der Waals surface area (Å²) in [6, 6.07) is 1.74. The van der Waals surface area contributed by atoms with E-state index >= 15 is 0 Å². The van der Waals surface area contributed by atoms with E-state index in [1.165, 1.54) is 84.0 Å². The molecule has 0 aromatic carbocycles. The summed E-state index contributed by atoms with van der Waals surface area (Å²) in [6.45, 7) is 8.03. The molecule has 0 N–H and O–H groups in total. The van der Waals surface area contributed by atoms with Crippen molar-refractivity contribution in [3.05, 3.63) is 0 Å². The molecule has 0 aromatic heterocycles. The second kappa shape index (κ2) is 6.58. The second-order valence-electron chi connectivity index (χ2n) is 7.16. The molecule has 3 unspecified atom stereocenters. The van der Waals surface area contributed by atoms with Crippen LogP contribution < -0.4 is 0 Å². The lowest BCUT2D eigenvalue weighted by Crippen LogP contribution is -2.58. The van der Waals surface area contributed by atoms with Gasteiger partial charge in [-0.15, -0.1) is 0 Å². The molecule has 110 valence electrons. The summed E-state index contributed by atoms with van der Waals surface area (Å²) in [5, 5.41) is 0. The van der Waals surface area contributed by atoms with Crippen LogP contribution in [0.4, 0.5) is 0 Å². The first-order valence-electron chi connectivity index (χ1n) is 8.84. The number of piperidine rings is 2. The van der Waals surface area contributed by atoms with Gasteiger partial charge in [-0.25, -0.2) is 0 Å². The smallest absolute Gasteiger partial charge is 0.0277 e. The molecule has 3 aliphatic rings. The zero-order valence-electron chi connectivity index (χ0n) is 12.8. The van der Waals surface area contributed by atoms with Crippen molar-refractivity contribution in [2.24, 2.45) is 5.92 Å². The number of likely N-dealkylation sites (tertiary alicyclic amines) is 2. The highest BCUT2D eigenvalue weighted by atomic mass is 15.3. The molecule has 0 aromatic rings. The van der Waals surface area contributed by atoms with Gasteiger partial charge in [0, 0.05) is 12.1 Å². The van der Waals surface area contributed by atoms with Crippen molar-refractivity contribution in [1.29, 1.82) is 0 Å². The number of rotatable bonds is 2. The minimum absolute atomic E-state index is 0.868. The van der Waals surface area contributed by atoms with Crippen LogP contribution in [0.15, 0.2) is 0 Å². The van der Waals surface area contributed by atoms with Crippen LogP contribution in [-0.4, -0.2) is 48.1 Å². The van der Waals surface area contributed by atoms with Gasteiger partial charge in [-0.2, -0.15) is 0 Å². The average molecular weight is 264 g/mol. The van der Waals surface area contributed by atoms with E-state index < -0.39 is 0 Å². The highest BCUT2D eigenvalue weighted by Gasteiger charge is 2.38. The zero-order valence-corrected chi connectivity index (χ0v) is 12.8. The van der Waals surface area contributed by atoms with Gasteiger partial charge in [-0.05, 0) is 70.6 Å². The molecule has 0 amide bonds. The minimum Gasteiger partial charge on any atom is -0.299 e. The van der Waals surface area contributed by atoms with Crippen LogP contribution in [0.5, 0.6) is 0 Å². The SMILES string of the molecule is CC1CCCC(N2CCCCC2)C1N1CCCCC1. The maximum atomic E-state index is 2.87. The third-order valence-electron chi connectivity index (χ3n) is 5.81. The molecule has 1 aliphatic carbocycles. The van der Waals surface area contributed by atoms with E-state index in [2.05, 4.69) is 16.7 Å². The predicted molar refractivity (Wildman–Crippen MR) is 81.4 cm³/mol. The Kier molecular flexibility index (Phi) is 4.81. The normalized spacial score (nSPS) is 39.3. The Labute approximate surface area is 119 Å². The fraction of sp³-hybridized carbons (Fsp3) is 1.00. The Morgan fingerprint density at radius 1 is 0.632 bits per heavy atom. The van der Waals surface area contributed by atoms with E-state index in [0.29, 0.717) is 0 Å². The summed E-state index contributed by atoms with van der Waals surface area (Å²) < 4.78 is 0. The quantitative estimate of drug-likeness (QED) is 0.753. The fourth-order valence-electron chi connectivity index (χ4n) is 4.84. The molecule has 3 atom stereocenters. The lowest BCUT2D eigenvalue weighted by atomic mass is 9.79. The summed E-state index contributed by atoms with van der Waals surface area (Å²) in [5.74, 6) is 0.916. The largest absolute Gasteiger partial charge is 0.299 e. The van der Waals surface area contributed by atoms with Crippen molar-refractivity contribution in [2.45, 2.75) is 76.8 Å². The van der Waals surface area contributed by atoms with Gasteiger partial charge >= 0.3 is 0 Å². The van der Waals surface area contributed by atoms with Crippen LogP contribution >= 0.6 is 0 Å². The molecule has 0 bridgehead atoms. The van der Waals surface area contributed by atoms with Crippen molar-refractivity contribution < 1.29 is 0 Å². The van der Waals surface area contributed by atoms with E-state index in [1.807, 2.05) is 0 Å². The lowest BCUT2D eigenvalue weighted by Gasteiger charge is -2.50. The molecule has 2 heteroatoms. The van der Waals surface area contributed by atoms with Crippen LogP contribution in [0.3, 0.4) is 0 Å². The molecule has 2 heterocycles. The van der Waals surface area contributed by atoms with Crippen molar-refractivity contribution in [3.63, 3.8) is 0 Å².